The first-order valence-corrected chi connectivity index (χ1v) is 11.8. The molecule has 1 amide bonds. The second-order valence-corrected chi connectivity index (χ2v) is 11.3. The lowest BCUT2D eigenvalue weighted by Crippen LogP contribution is -2.46. The first-order valence-electron chi connectivity index (χ1n) is 9.75. The van der Waals surface area contributed by atoms with Gasteiger partial charge in [0.25, 0.3) is 0 Å². The minimum atomic E-state index is -3.11. The molecule has 0 aliphatic heterocycles. The molecule has 160 valence electrons. The minimum absolute atomic E-state index is 0. The first kappa shape index (κ1) is 24.9. The van der Waals surface area contributed by atoms with E-state index < -0.39 is 15.9 Å². The highest BCUT2D eigenvalue weighted by Crippen LogP contribution is 2.41. The molecule has 5 nitrogen and oxygen atoms in total. The van der Waals surface area contributed by atoms with Gasteiger partial charge in [0.2, 0.25) is 5.91 Å². The van der Waals surface area contributed by atoms with Gasteiger partial charge in [0.15, 0.2) is 0 Å². The van der Waals surface area contributed by atoms with E-state index in [9.17, 15) is 13.2 Å². The van der Waals surface area contributed by atoms with E-state index in [1.165, 1.54) is 11.1 Å². The molecule has 0 bridgehead atoms. The number of benzene rings is 1. The average molecular weight is 431 g/mol. The lowest BCUT2D eigenvalue weighted by atomic mass is 9.77. The summed E-state index contributed by atoms with van der Waals surface area (Å²) in [5, 5.41) is 2.99. The van der Waals surface area contributed by atoms with Gasteiger partial charge in [-0.2, -0.15) is 0 Å². The van der Waals surface area contributed by atoms with Crippen LogP contribution in [0.1, 0.15) is 64.0 Å². The first-order chi connectivity index (χ1) is 12.4. The van der Waals surface area contributed by atoms with Crippen LogP contribution in [0.4, 0.5) is 0 Å². The van der Waals surface area contributed by atoms with Crippen LogP contribution in [0.25, 0.3) is 0 Å². The van der Waals surface area contributed by atoms with Crippen molar-refractivity contribution in [1.29, 1.82) is 0 Å². The summed E-state index contributed by atoms with van der Waals surface area (Å²) >= 11 is 0. The van der Waals surface area contributed by atoms with E-state index in [0.29, 0.717) is 6.54 Å². The van der Waals surface area contributed by atoms with Gasteiger partial charge in [0.05, 0.1) is 11.8 Å². The van der Waals surface area contributed by atoms with Crippen LogP contribution in [0, 0.1) is 0 Å². The fraction of sp³-hybridized carbons (Fsp3) is 0.667. The Morgan fingerprint density at radius 3 is 2.18 bits per heavy atom. The number of sulfone groups is 1. The van der Waals surface area contributed by atoms with Gasteiger partial charge < -0.3 is 11.1 Å². The van der Waals surface area contributed by atoms with Crippen molar-refractivity contribution in [3.8, 4) is 0 Å². The molecular weight excluding hydrogens is 396 g/mol. The van der Waals surface area contributed by atoms with Crippen molar-refractivity contribution in [2.75, 3.05) is 18.6 Å². The third-order valence-electron chi connectivity index (χ3n) is 5.66. The van der Waals surface area contributed by atoms with Crippen LogP contribution in [-0.4, -0.2) is 38.9 Å². The van der Waals surface area contributed by atoms with Crippen molar-refractivity contribution in [3.05, 3.63) is 35.4 Å². The molecule has 0 radical (unpaired) electrons. The van der Waals surface area contributed by atoms with E-state index in [1.807, 2.05) is 0 Å². The number of carbonyl (C=O) groups is 1. The van der Waals surface area contributed by atoms with Gasteiger partial charge >= 0.3 is 0 Å². The highest BCUT2D eigenvalue weighted by molar-refractivity contribution is 7.90. The lowest BCUT2D eigenvalue weighted by Gasteiger charge is -2.31. The number of hydrogen-bond donors (Lipinski definition) is 2. The Kier molecular flexibility index (Phi) is 8.54. The molecule has 0 aromatic heterocycles. The number of nitrogens with one attached hydrogen (secondary N) is 1. The third-order valence-corrected chi connectivity index (χ3v) is 6.64. The van der Waals surface area contributed by atoms with Gasteiger partial charge in [0.1, 0.15) is 9.84 Å². The lowest BCUT2D eigenvalue weighted by molar-refractivity contribution is -0.122. The summed E-state index contributed by atoms with van der Waals surface area (Å²) in [5.41, 5.74) is 8.50. The molecule has 1 saturated carbocycles. The Labute approximate surface area is 176 Å². The highest BCUT2D eigenvalue weighted by atomic mass is 35.5. The number of nitrogens with two attached hydrogens (primary N) is 1. The summed E-state index contributed by atoms with van der Waals surface area (Å²) in [4.78, 5) is 12.3. The van der Waals surface area contributed by atoms with Crippen molar-refractivity contribution in [2.24, 2.45) is 5.73 Å². The molecule has 1 aliphatic carbocycles. The molecule has 2 rings (SSSR count). The van der Waals surface area contributed by atoms with Gasteiger partial charge in [-0.1, -0.05) is 57.9 Å². The molecule has 3 N–H and O–H groups in total. The Balaban J connectivity index is 0.00000392. The second kappa shape index (κ2) is 9.59. The summed E-state index contributed by atoms with van der Waals surface area (Å²) in [6.07, 6.45) is 5.69. The molecule has 1 fully saturated rings. The van der Waals surface area contributed by atoms with Gasteiger partial charge in [-0.15, -0.1) is 12.4 Å². The van der Waals surface area contributed by atoms with Crippen molar-refractivity contribution in [1.82, 2.24) is 5.32 Å². The van der Waals surface area contributed by atoms with Gasteiger partial charge in [-0.25, -0.2) is 8.42 Å². The number of rotatable bonds is 7. The summed E-state index contributed by atoms with van der Waals surface area (Å²) < 4.78 is 22.5. The van der Waals surface area contributed by atoms with Crippen LogP contribution < -0.4 is 11.1 Å². The fourth-order valence-corrected chi connectivity index (χ4v) is 4.48. The Hall–Kier alpha value is -1.11. The molecule has 1 atom stereocenters. The van der Waals surface area contributed by atoms with Crippen LogP contribution in [0.2, 0.25) is 0 Å². The average Bonchev–Trinajstić information content (AvgIpc) is 3.06. The highest BCUT2D eigenvalue weighted by Gasteiger charge is 2.36. The van der Waals surface area contributed by atoms with Crippen molar-refractivity contribution in [3.63, 3.8) is 0 Å². The van der Waals surface area contributed by atoms with Crippen LogP contribution in [0.3, 0.4) is 0 Å². The molecular formula is C21H35ClN2O3S. The summed E-state index contributed by atoms with van der Waals surface area (Å²) in [7, 11) is -3.11. The van der Waals surface area contributed by atoms with Crippen LogP contribution in [0.5, 0.6) is 0 Å². The zero-order chi connectivity index (χ0) is 20.3. The molecule has 7 heteroatoms. The molecule has 28 heavy (non-hydrogen) atoms. The van der Waals surface area contributed by atoms with Crippen molar-refractivity contribution < 1.29 is 13.2 Å². The Morgan fingerprint density at radius 1 is 1.18 bits per heavy atom. The standard InChI is InChI=1S/C21H34N2O3S.ClH/c1-20(2,3)16-7-9-17(10-8-16)21(12-5-6-13-21)15-23-19(24)18(22)11-14-27(4,25)26;/h7-10,18H,5-6,11-15,22H2,1-4H3,(H,23,24);1H. The normalized spacial score (nSPS) is 17.6. The summed E-state index contributed by atoms with van der Waals surface area (Å²) in [6, 6.07) is 7.98. The third kappa shape index (κ3) is 6.75. The molecule has 1 aromatic rings. The summed E-state index contributed by atoms with van der Waals surface area (Å²) in [5.74, 6) is -0.336. The SMILES string of the molecule is CC(C)(C)c1ccc(C2(CNC(=O)C(N)CCS(C)(=O)=O)CCCC2)cc1.Cl. The van der Waals surface area contributed by atoms with Crippen molar-refractivity contribution in [2.45, 2.75) is 69.7 Å². The Bertz CT molecular complexity index is 749. The predicted octanol–water partition coefficient (Wildman–Crippen LogP) is 3.10. The molecule has 1 unspecified atom stereocenters. The maximum absolute atomic E-state index is 12.3. The molecule has 0 heterocycles. The van der Waals surface area contributed by atoms with Crippen LogP contribution in [-0.2, 0) is 25.5 Å². The number of amides is 1. The largest absolute Gasteiger partial charge is 0.354 e. The maximum atomic E-state index is 12.3. The van der Waals surface area contributed by atoms with Gasteiger partial charge in [0, 0.05) is 18.2 Å². The Morgan fingerprint density at radius 2 is 1.71 bits per heavy atom. The smallest absolute Gasteiger partial charge is 0.236 e. The van der Waals surface area contributed by atoms with E-state index in [0.717, 1.165) is 31.9 Å². The van der Waals surface area contributed by atoms with E-state index in [1.54, 1.807) is 0 Å². The van der Waals surface area contributed by atoms with Crippen LogP contribution in [0.15, 0.2) is 24.3 Å². The zero-order valence-corrected chi connectivity index (χ0v) is 19.1. The van der Waals surface area contributed by atoms with Gasteiger partial charge in [-0.05, 0) is 35.8 Å². The molecule has 1 aliphatic rings. The number of hydrogen-bond acceptors (Lipinski definition) is 4. The van der Waals surface area contributed by atoms with E-state index in [-0.39, 0.29) is 41.3 Å². The topological polar surface area (TPSA) is 89.3 Å². The second-order valence-electron chi connectivity index (χ2n) is 9.06. The van der Waals surface area contributed by atoms with E-state index in [2.05, 4.69) is 50.4 Å². The van der Waals surface area contributed by atoms with E-state index >= 15 is 0 Å². The molecule has 1 aromatic carbocycles. The van der Waals surface area contributed by atoms with Crippen LogP contribution >= 0.6 is 12.4 Å². The zero-order valence-electron chi connectivity index (χ0n) is 17.5. The van der Waals surface area contributed by atoms with E-state index in [4.69, 9.17) is 5.73 Å². The monoisotopic (exact) mass is 430 g/mol. The molecule has 0 spiro atoms. The number of halogens is 1. The molecule has 0 saturated heterocycles. The predicted molar refractivity (Wildman–Crippen MR) is 118 cm³/mol. The maximum Gasteiger partial charge on any atom is 0.236 e. The quantitative estimate of drug-likeness (QED) is 0.695. The summed E-state index contributed by atoms with van der Waals surface area (Å²) in [6.45, 7) is 7.15. The number of carbonyl (C=O) groups excluding carboxylic acids is 1. The fourth-order valence-electron chi connectivity index (χ4n) is 3.80. The van der Waals surface area contributed by atoms with Crippen molar-refractivity contribution >= 4 is 28.2 Å². The minimum Gasteiger partial charge on any atom is -0.354 e. The van der Waals surface area contributed by atoms with Gasteiger partial charge in [-0.3, -0.25) is 4.79 Å².